The van der Waals surface area contributed by atoms with Crippen LogP contribution in [-0.4, -0.2) is 28.4 Å². The number of ether oxygens (including phenoxy) is 4. The van der Waals surface area contributed by atoms with Gasteiger partial charge >= 0.3 is 0 Å². The van der Waals surface area contributed by atoms with E-state index >= 15 is 0 Å². The van der Waals surface area contributed by atoms with Gasteiger partial charge in [0.1, 0.15) is 22.5 Å². The summed E-state index contributed by atoms with van der Waals surface area (Å²) in [5, 5.41) is 0.421. The summed E-state index contributed by atoms with van der Waals surface area (Å²) in [6, 6.07) is 10.3. The summed E-state index contributed by atoms with van der Waals surface area (Å²) in [4.78, 5) is 12.4. The summed E-state index contributed by atoms with van der Waals surface area (Å²) in [5.74, 6) is 2.51. The van der Waals surface area contributed by atoms with E-state index in [1.54, 1.807) is 63.8 Å². The molecule has 6 nitrogen and oxygen atoms in total. The first-order valence-electron chi connectivity index (χ1n) is 8.20. The zero-order valence-corrected chi connectivity index (χ0v) is 15.6. The molecule has 0 unspecified atom stereocenters. The highest BCUT2D eigenvalue weighted by molar-refractivity contribution is 5.84. The normalized spacial score (nSPS) is 11.0. The van der Waals surface area contributed by atoms with E-state index in [0.29, 0.717) is 39.7 Å². The summed E-state index contributed by atoms with van der Waals surface area (Å²) < 4.78 is 27.1. The van der Waals surface area contributed by atoms with Crippen LogP contribution >= 0.6 is 0 Å². The first-order valence-corrected chi connectivity index (χ1v) is 8.20. The third-order valence-electron chi connectivity index (χ3n) is 4.08. The van der Waals surface area contributed by atoms with Crippen molar-refractivity contribution in [3.05, 3.63) is 57.9 Å². The maximum atomic E-state index is 12.4. The second kappa shape index (κ2) is 7.86. The molecule has 0 fully saturated rings. The van der Waals surface area contributed by atoms with Crippen LogP contribution < -0.4 is 24.4 Å². The van der Waals surface area contributed by atoms with Crippen molar-refractivity contribution in [3.8, 4) is 23.0 Å². The predicted octanol–water partition coefficient (Wildman–Crippen LogP) is 4.00. The first-order chi connectivity index (χ1) is 13.1. The lowest BCUT2D eigenvalue weighted by Gasteiger charge is -2.12. The van der Waals surface area contributed by atoms with E-state index in [2.05, 4.69) is 0 Å². The van der Waals surface area contributed by atoms with Crippen molar-refractivity contribution in [3.63, 3.8) is 0 Å². The number of benzene rings is 2. The maximum absolute atomic E-state index is 12.4. The van der Waals surface area contributed by atoms with Gasteiger partial charge in [0, 0.05) is 6.07 Å². The van der Waals surface area contributed by atoms with E-state index in [9.17, 15) is 4.79 Å². The number of hydrogen-bond donors (Lipinski definition) is 0. The fourth-order valence-electron chi connectivity index (χ4n) is 2.82. The Morgan fingerprint density at radius 3 is 2.07 bits per heavy atom. The molecule has 27 heavy (non-hydrogen) atoms. The molecule has 1 heterocycles. The molecule has 140 valence electrons. The van der Waals surface area contributed by atoms with E-state index in [4.69, 9.17) is 23.4 Å². The summed E-state index contributed by atoms with van der Waals surface area (Å²) >= 11 is 0. The van der Waals surface area contributed by atoms with Gasteiger partial charge in [-0.2, -0.15) is 0 Å². The van der Waals surface area contributed by atoms with Gasteiger partial charge in [-0.15, -0.1) is 0 Å². The average molecular weight is 368 g/mol. The quantitative estimate of drug-likeness (QED) is 0.655. The van der Waals surface area contributed by atoms with Gasteiger partial charge in [0.05, 0.1) is 28.4 Å². The topological polar surface area (TPSA) is 67.1 Å². The molecule has 0 N–H and O–H groups in total. The van der Waals surface area contributed by atoms with E-state index < -0.39 is 0 Å². The highest BCUT2D eigenvalue weighted by Gasteiger charge is 2.12. The fourth-order valence-corrected chi connectivity index (χ4v) is 2.82. The Kier molecular flexibility index (Phi) is 5.35. The van der Waals surface area contributed by atoms with Crippen molar-refractivity contribution in [1.82, 2.24) is 0 Å². The van der Waals surface area contributed by atoms with Crippen LogP contribution in [0.15, 0.2) is 45.6 Å². The van der Waals surface area contributed by atoms with Crippen molar-refractivity contribution in [2.75, 3.05) is 28.4 Å². The summed E-state index contributed by atoms with van der Waals surface area (Å²) in [5.41, 5.74) is 1.10. The van der Waals surface area contributed by atoms with Gasteiger partial charge in [-0.1, -0.05) is 12.1 Å². The summed E-state index contributed by atoms with van der Waals surface area (Å²) in [7, 11) is 6.18. The second-order valence-corrected chi connectivity index (χ2v) is 5.64. The van der Waals surface area contributed by atoms with Crippen LogP contribution in [0.1, 0.15) is 11.3 Å². The highest BCUT2D eigenvalue weighted by Crippen LogP contribution is 2.38. The van der Waals surface area contributed by atoms with E-state index in [1.165, 1.54) is 13.2 Å². The van der Waals surface area contributed by atoms with Gasteiger partial charge in [-0.05, 0) is 35.9 Å². The molecule has 0 aliphatic rings. The minimum Gasteiger partial charge on any atom is -0.496 e. The molecule has 0 bridgehead atoms. The first kappa shape index (κ1) is 18.4. The molecule has 2 aromatic carbocycles. The molecule has 3 aromatic rings. The van der Waals surface area contributed by atoms with Crippen LogP contribution in [0.2, 0.25) is 0 Å². The number of rotatable bonds is 6. The third-order valence-corrected chi connectivity index (χ3v) is 4.08. The Labute approximate surface area is 156 Å². The Hall–Kier alpha value is -3.41. The van der Waals surface area contributed by atoms with Crippen LogP contribution in [0.25, 0.3) is 23.1 Å². The monoisotopic (exact) mass is 368 g/mol. The van der Waals surface area contributed by atoms with Gasteiger partial charge in [0.15, 0.2) is 16.9 Å². The van der Waals surface area contributed by atoms with E-state index in [1.807, 2.05) is 0 Å². The zero-order valence-electron chi connectivity index (χ0n) is 15.6. The highest BCUT2D eigenvalue weighted by atomic mass is 16.5. The molecule has 0 saturated heterocycles. The maximum Gasteiger partial charge on any atom is 0.203 e. The van der Waals surface area contributed by atoms with Gasteiger partial charge in [-0.25, -0.2) is 0 Å². The van der Waals surface area contributed by atoms with Crippen LogP contribution in [-0.2, 0) is 0 Å². The lowest BCUT2D eigenvalue weighted by Crippen LogP contribution is -2.02. The van der Waals surface area contributed by atoms with Crippen LogP contribution in [0.3, 0.4) is 0 Å². The average Bonchev–Trinajstić information content (AvgIpc) is 2.70. The molecular weight excluding hydrogens is 348 g/mol. The Balaban J connectivity index is 2.03. The minimum atomic E-state index is -0.168. The largest absolute Gasteiger partial charge is 0.496 e. The molecule has 0 aliphatic carbocycles. The molecular formula is C21H20O6. The van der Waals surface area contributed by atoms with Crippen molar-refractivity contribution < 1.29 is 23.4 Å². The predicted molar refractivity (Wildman–Crippen MR) is 104 cm³/mol. The Morgan fingerprint density at radius 1 is 0.815 bits per heavy atom. The van der Waals surface area contributed by atoms with Crippen molar-refractivity contribution in [2.24, 2.45) is 0 Å². The van der Waals surface area contributed by atoms with Crippen LogP contribution in [0.5, 0.6) is 23.0 Å². The minimum absolute atomic E-state index is 0.168. The molecule has 6 heteroatoms. The van der Waals surface area contributed by atoms with Gasteiger partial charge in [0.2, 0.25) is 5.75 Å². The smallest absolute Gasteiger partial charge is 0.203 e. The molecule has 1 aromatic heterocycles. The molecule has 0 spiro atoms. The van der Waals surface area contributed by atoms with E-state index in [0.717, 1.165) is 5.56 Å². The fraction of sp³-hybridized carbons (Fsp3) is 0.190. The molecule has 0 aliphatic heterocycles. The van der Waals surface area contributed by atoms with Crippen molar-refractivity contribution in [2.45, 2.75) is 0 Å². The number of hydrogen-bond acceptors (Lipinski definition) is 6. The van der Waals surface area contributed by atoms with Gasteiger partial charge < -0.3 is 23.4 Å². The Morgan fingerprint density at radius 2 is 1.48 bits per heavy atom. The van der Waals surface area contributed by atoms with Crippen molar-refractivity contribution in [1.29, 1.82) is 0 Å². The molecule has 0 radical (unpaired) electrons. The summed E-state index contributed by atoms with van der Waals surface area (Å²) in [6.07, 6.45) is 3.51. The van der Waals surface area contributed by atoms with Crippen LogP contribution in [0, 0.1) is 0 Å². The van der Waals surface area contributed by atoms with Crippen molar-refractivity contribution >= 4 is 23.1 Å². The van der Waals surface area contributed by atoms with Gasteiger partial charge in [0.25, 0.3) is 0 Å². The standard InChI is InChI=1S/C21H20O6/c1-23-16-6-5-7-17-20(16)15(22)12-14(27-17)9-8-13-10-18(24-2)21(26-4)19(11-13)25-3/h5-12H,1-4H3/b9-8+. The van der Waals surface area contributed by atoms with Crippen LogP contribution in [0.4, 0.5) is 0 Å². The Bertz CT molecular complexity index is 1020. The molecule has 0 saturated carbocycles. The zero-order chi connectivity index (χ0) is 19.4. The SMILES string of the molecule is COc1cc(/C=C/c2cc(=O)c3c(OC)cccc3o2)cc(OC)c1OC. The summed E-state index contributed by atoms with van der Waals surface area (Å²) in [6.45, 7) is 0. The van der Waals surface area contributed by atoms with Gasteiger partial charge in [-0.3, -0.25) is 4.79 Å². The molecule has 0 atom stereocenters. The molecule has 3 rings (SSSR count). The number of fused-ring (bicyclic) bond motifs is 1. The lowest BCUT2D eigenvalue weighted by molar-refractivity contribution is 0.324. The third kappa shape index (κ3) is 3.60. The molecule has 0 amide bonds. The second-order valence-electron chi connectivity index (χ2n) is 5.64. The van der Waals surface area contributed by atoms with E-state index in [-0.39, 0.29) is 5.43 Å². The lowest BCUT2D eigenvalue weighted by atomic mass is 10.1. The number of methoxy groups -OCH3 is 4.